The van der Waals surface area contributed by atoms with Gasteiger partial charge in [0.2, 0.25) is 5.75 Å². The summed E-state index contributed by atoms with van der Waals surface area (Å²) >= 11 is 0. The molecule has 0 aliphatic carbocycles. The molecule has 0 amide bonds. The summed E-state index contributed by atoms with van der Waals surface area (Å²) in [6, 6.07) is 7.91. The Hall–Kier alpha value is -3.92. The molecule has 0 unspecified atom stereocenters. The Morgan fingerprint density at radius 2 is 1.59 bits per heavy atom. The molecule has 2 aromatic rings. The van der Waals surface area contributed by atoms with E-state index >= 15 is 0 Å². The highest BCUT2D eigenvalue weighted by molar-refractivity contribution is 5.89. The Labute approximate surface area is 272 Å². The molecule has 252 valence electrons. The molecule has 0 saturated carbocycles. The van der Waals surface area contributed by atoms with Crippen molar-refractivity contribution in [2.75, 3.05) is 67.3 Å². The maximum atomic E-state index is 13.0. The minimum absolute atomic E-state index is 0.00799. The van der Waals surface area contributed by atoms with Crippen LogP contribution in [-0.2, 0) is 30.3 Å². The lowest BCUT2D eigenvalue weighted by atomic mass is 9.97. The molecule has 0 bridgehead atoms. The van der Waals surface area contributed by atoms with Crippen LogP contribution in [0.25, 0.3) is 0 Å². The van der Waals surface area contributed by atoms with E-state index in [0.29, 0.717) is 30.3 Å². The zero-order chi connectivity index (χ0) is 33.7. The van der Waals surface area contributed by atoms with Gasteiger partial charge in [0.15, 0.2) is 17.3 Å². The van der Waals surface area contributed by atoms with Gasteiger partial charge in [-0.2, -0.15) is 0 Å². The predicted octanol–water partition coefficient (Wildman–Crippen LogP) is 3.54. The van der Waals surface area contributed by atoms with Crippen molar-refractivity contribution < 1.29 is 42.8 Å². The number of hydrogen-bond acceptors (Lipinski definition) is 12. The van der Waals surface area contributed by atoms with Crippen molar-refractivity contribution in [3.8, 4) is 17.2 Å². The zero-order valence-electron chi connectivity index (χ0n) is 28.1. The smallest absolute Gasteiger partial charge is 0.340 e. The van der Waals surface area contributed by atoms with Crippen molar-refractivity contribution >= 4 is 17.7 Å². The molecule has 46 heavy (non-hydrogen) atoms. The molecule has 3 rings (SSSR count). The number of rotatable bonds is 18. The second kappa shape index (κ2) is 17.1. The summed E-state index contributed by atoms with van der Waals surface area (Å²) in [6.07, 6.45) is 4.10. The SMILES string of the molecule is COc1ccc(CN2CCN(C(C)(C)COC(C)(C)C(=O)CCC(=O)OCCCOC(=O)c3cc#cnc3)CC2)c(OC)c1OC. The Morgan fingerprint density at radius 3 is 2.22 bits per heavy atom. The number of hydrogen-bond donors (Lipinski definition) is 0. The van der Waals surface area contributed by atoms with Crippen LogP contribution in [0.3, 0.4) is 0 Å². The first kappa shape index (κ1) is 36.5. The molecule has 1 aromatic heterocycles. The molecule has 1 aromatic carbocycles. The first-order valence-electron chi connectivity index (χ1n) is 15.4. The van der Waals surface area contributed by atoms with Gasteiger partial charge >= 0.3 is 11.9 Å². The summed E-state index contributed by atoms with van der Waals surface area (Å²) in [4.78, 5) is 45.5. The van der Waals surface area contributed by atoms with Gasteiger partial charge in [0.25, 0.3) is 0 Å². The van der Waals surface area contributed by atoms with Gasteiger partial charge in [-0.3, -0.25) is 19.4 Å². The molecule has 1 saturated heterocycles. The zero-order valence-corrected chi connectivity index (χ0v) is 28.1. The number of ketones is 1. The largest absolute Gasteiger partial charge is 0.493 e. The van der Waals surface area contributed by atoms with Crippen LogP contribution in [0.1, 0.15) is 62.9 Å². The van der Waals surface area contributed by atoms with Crippen molar-refractivity contribution in [3.05, 3.63) is 47.8 Å². The van der Waals surface area contributed by atoms with Gasteiger partial charge in [-0.15, -0.1) is 0 Å². The van der Waals surface area contributed by atoms with Gasteiger partial charge in [0, 0.05) is 68.9 Å². The molecule has 0 N–H and O–H groups in total. The summed E-state index contributed by atoms with van der Waals surface area (Å²) in [7, 11) is 4.84. The van der Waals surface area contributed by atoms with E-state index in [1.165, 1.54) is 12.3 Å². The van der Waals surface area contributed by atoms with Crippen LogP contribution >= 0.6 is 0 Å². The van der Waals surface area contributed by atoms with Crippen molar-refractivity contribution in [1.29, 1.82) is 0 Å². The van der Waals surface area contributed by atoms with Gasteiger partial charge in [-0.25, -0.2) is 9.78 Å². The topological polar surface area (TPSA) is 126 Å². The minimum Gasteiger partial charge on any atom is -0.493 e. The molecular weight excluding hydrogens is 594 g/mol. The second-order valence-electron chi connectivity index (χ2n) is 12.1. The Morgan fingerprint density at radius 1 is 0.891 bits per heavy atom. The van der Waals surface area contributed by atoms with E-state index in [4.69, 9.17) is 28.4 Å². The monoisotopic (exact) mass is 641 g/mol. The molecular formula is C34H47N3O9. The number of benzene rings is 1. The quantitative estimate of drug-likeness (QED) is 0.175. The van der Waals surface area contributed by atoms with E-state index in [-0.39, 0.29) is 42.9 Å². The van der Waals surface area contributed by atoms with E-state index < -0.39 is 17.5 Å². The third kappa shape index (κ3) is 10.3. The van der Waals surface area contributed by atoms with Gasteiger partial charge in [-0.1, -0.05) is 6.07 Å². The molecule has 12 heteroatoms. The van der Waals surface area contributed by atoms with Crippen LogP contribution < -0.4 is 14.2 Å². The second-order valence-corrected chi connectivity index (χ2v) is 12.1. The standard InChI is InChI=1S/C34H47N3O9/c1-33(2,37-18-16-36(17-19-37)23-26-11-12-27(41-5)31(43-7)30(26)42-6)24-46-34(3,4)28(38)13-14-29(39)44-20-9-21-45-32(40)25-10-8-15-35-22-25/h10-12,22H,9,13-14,16-21,23-24H2,1-7H3. The predicted molar refractivity (Wildman–Crippen MR) is 169 cm³/mol. The molecule has 1 aliphatic heterocycles. The normalized spacial score (nSPS) is 14.2. The van der Waals surface area contributed by atoms with Crippen LogP contribution in [0.5, 0.6) is 17.2 Å². The molecule has 12 nitrogen and oxygen atoms in total. The van der Waals surface area contributed by atoms with E-state index in [9.17, 15) is 14.4 Å². The van der Waals surface area contributed by atoms with Crippen LogP contribution in [0.2, 0.25) is 0 Å². The number of methoxy groups -OCH3 is 3. The average Bonchev–Trinajstić information content (AvgIpc) is 3.06. The lowest BCUT2D eigenvalue weighted by Crippen LogP contribution is -2.57. The number of nitrogens with zero attached hydrogens (tertiary/aromatic N) is 3. The van der Waals surface area contributed by atoms with Crippen molar-refractivity contribution in [2.45, 2.75) is 64.6 Å². The Balaban J connectivity index is 1.37. The molecule has 1 aliphatic rings. The number of carbonyl (C=O) groups excluding carboxylic acids is 3. The Bertz CT molecular complexity index is 1290. The molecule has 0 spiro atoms. The van der Waals surface area contributed by atoms with Gasteiger partial charge in [0.05, 0.1) is 59.3 Å². The first-order valence-corrected chi connectivity index (χ1v) is 15.4. The fourth-order valence-corrected chi connectivity index (χ4v) is 5.05. The van der Waals surface area contributed by atoms with Crippen LogP contribution in [0.4, 0.5) is 0 Å². The van der Waals surface area contributed by atoms with E-state index in [0.717, 1.165) is 38.3 Å². The Kier molecular flexibility index (Phi) is 13.6. The molecule has 0 atom stereocenters. The number of esters is 2. The average molecular weight is 642 g/mol. The first-order chi connectivity index (χ1) is 21.9. The summed E-state index contributed by atoms with van der Waals surface area (Å²) in [5, 5.41) is 0. The number of aromatic nitrogens is 1. The van der Waals surface area contributed by atoms with Gasteiger partial charge < -0.3 is 28.4 Å². The highest BCUT2D eigenvalue weighted by Crippen LogP contribution is 2.40. The lowest BCUT2D eigenvalue weighted by molar-refractivity contribution is -0.151. The summed E-state index contributed by atoms with van der Waals surface area (Å²) < 4.78 is 33.1. The fourth-order valence-electron chi connectivity index (χ4n) is 5.05. The summed E-state index contributed by atoms with van der Waals surface area (Å²) in [5.74, 6) is 0.698. The third-order valence-electron chi connectivity index (χ3n) is 8.00. The van der Waals surface area contributed by atoms with Crippen LogP contribution in [-0.4, -0.2) is 111 Å². The van der Waals surface area contributed by atoms with Crippen molar-refractivity contribution in [3.63, 3.8) is 0 Å². The van der Waals surface area contributed by atoms with Gasteiger partial charge in [-0.05, 0) is 39.8 Å². The highest BCUT2D eigenvalue weighted by Gasteiger charge is 2.35. The van der Waals surface area contributed by atoms with Crippen LogP contribution in [0.15, 0.2) is 24.4 Å². The summed E-state index contributed by atoms with van der Waals surface area (Å²) in [5.41, 5.74) is -0.0608. The van der Waals surface area contributed by atoms with E-state index in [2.05, 4.69) is 40.9 Å². The van der Waals surface area contributed by atoms with Crippen molar-refractivity contribution in [1.82, 2.24) is 14.8 Å². The molecule has 0 radical (unpaired) electrons. The van der Waals surface area contributed by atoms with E-state index in [1.54, 1.807) is 35.2 Å². The number of carbonyl (C=O) groups is 3. The third-order valence-corrected chi connectivity index (χ3v) is 8.00. The number of ether oxygens (including phenoxy) is 6. The maximum absolute atomic E-state index is 13.0. The maximum Gasteiger partial charge on any atom is 0.340 e. The van der Waals surface area contributed by atoms with E-state index in [1.807, 2.05) is 12.1 Å². The highest BCUT2D eigenvalue weighted by atomic mass is 16.5. The van der Waals surface area contributed by atoms with Gasteiger partial charge in [0.1, 0.15) is 5.60 Å². The lowest BCUT2D eigenvalue weighted by Gasteiger charge is -2.45. The van der Waals surface area contributed by atoms with Crippen LogP contribution in [0, 0.1) is 12.3 Å². The van der Waals surface area contributed by atoms with Crippen molar-refractivity contribution in [2.24, 2.45) is 0 Å². The summed E-state index contributed by atoms with van der Waals surface area (Å²) in [6.45, 7) is 12.3. The number of piperazine rings is 1. The fraction of sp³-hybridized carbons (Fsp3) is 0.588. The molecule has 1 fully saturated rings. The minimum atomic E-state index is -1.06. The molecule has 2 heterocycles. The number of Topliss-reactive ketones (excluding diaryl/α,β-unsaturated/α-hetero) is 1.